The number of fused-ring (bicyclic) bond motifs is 1. The summed E-state index contributed by atoms with van der Waals surface area (Å²) in [5, 5.41) is 9.40. The molecule has 6 heteroatoms. The molecule has 0 aliphatic rings. The lowest BCUT2D eigenvalue weighted by Gasteiger charge is -2.09. The van der Waals surface area contributed by atoms with Crippen molar-refractivity contribution in [3.05, 3.63) is 63.3 Å². The first kappa shape index (κ1) is 17.0. The number of carboxylic acids is 1. The molecule has 130 valence electrons. The van der Waals surface area contributed by atoms with Crippen molar-refractivity contribution in [3.8, 4) is 0 Å². The highest BCUT2D eigenvalue weighted by Gasteiger charge is 2.17. The molecule has 0 fully saturated rings. The molecule has 6 nitrogen and oxygen atoms in total. The lowest BCUT2D eigenvalue weighted by atomic mass is 10.1. The van der Waals surface area contributed by atoms with Crippen LogP contribution in [0.5, 0.6) is 0 Å². The van der Waals surface area contributed by atoms with Gasteiger partial charge >= 0.3 is 5.97 Å². The van der Waals surface area contributed by atoms with Gasteiger partial charge in [-0.25, -0.2) is 4.98 Å². The van der Waals surface area contributed by atoms with Crippen LogP contribution in [0.3, 0.4) is 0 Å². The molecule has 1 aromatic carbocycles. The van der Waals surface area contributed by atoms with Gasteiger partial charge in [-0.05, 0) is 31.9 Å². The zero-order valence-electron chi connectivity index (χ0n) is 14.6. The van der Waals surface area contributed by atoms with Crippen molar-refractivity contribution < 1.29 is 9.90 Å². The normalized spacial score (nSPS) is 11.2. The van der Waals surface area contributed by atoms with Crippen molar-refractivity contribution in [2.24, 2.45) is 0 Å². The molecule has 2 aromatic heterocycles. The van der Waals surface area contributed by atoms with E-state index in [9.17, 15) is 9.59 Å². The van der Waals surface area contributed by atoms with Gasteiger partial charge in [0.25, 0.3) is 5.56 Å². The van der Waals surface area contributed by atoms with Crippen molar-refractivity contribution in [3.63, 3.8) is 0 Å². The summed E-state index contributed by atoms with van der Waals surface area (Å²) < 4.78 is 3.42. The summed E-state index contributed by atoms with van der Waals surface area (Å²) in [6, 6.07) is 8.25. The van der Waals surface area contributed by atoms with Crippen LogP contribution >= 0.6 is 0 Å². The fourth-order valence-electron chi connectivity index (χ4n) is 3.12. The second-order valence-electron chi connectivity index (χ2n) is 6.37. The SMILES string of the molecule is Cc1cccc(Cn2c(C)c(C)c3c(=O)n(CCC(=O)O)cnc32)c1. The number of benzene rings is 1. The molecule has 0 aliphatic carbocycles. The smallest absolute Gasteiger partial charge is 0.305 e. The Bertz CT molecular complexity index is 1010. The first-order chi connectivity index (χ1) is 11.9. The number of aliphatic carboxylic acids is 1. The number of nitrogens with zero attached hydrogens (tertiary/aromatic N) is 3. The summed E-state index contributed by atoms with van der Waals surface area (Å²) in [6.45, 7) is 6.71. The second-order valence-corrected chi connectivity index (χ2v) is 6.37. The molecule has 0 aliphatic heterocycles. The van der Waals surface area contributed by atoms with Crippen LogP contribution in [-0.2, 0) is 17.9 Å². The summed E-state index contributed by atoms with van der Waals surface area (Å²) in [5.74, 6) is -0.933. The molecule has 0 saturated carbocycles. The summed E-state index contributed by atoms with van der Waals surface area (Å²) in [6.07, 6.45) is 1.34. The highest BCUT2D eigenvalue weighted by Crippen LogP contribution is 2.22. The van der Waals surface area contributed by atoms with Crippen molar-refractivity contribution in [2.45, 2.75) is 40.3 Å². The average molecular weight is 339 g/mol. The Balaban J connectivity index is 2.09. The van der Waals surface area contributed by atoms with Crippen LogP contribution in [0.2, 0.25) is 0 Å². The van der Waals surface area contributed by atoms with E-state index in [1.54, 1.807) is 0 Å². The van der Waals surface area contributed by atoms with Crippen LogP contribution in [0.1, 0.15) is 28.8 Å². The van der Waals surface area contributed by atoms with Gasteiger partial charge in [0.05, 0.1) is 18.1 Å². The molecule has 0 saturated heterocycles. The number of aryl methyl sites for hydroxylation is 3. The van der Waals surface area contributed by atoms with E-state index in [0.29, 0.717) is 17.6 Å². The summed E-state index contributed by atoms with van der Waals surface area (Å²) in [5.41, 5.74) is 4.69. The summed E-state index contributed by atoms with van der Waals surface area (Å²) >= 11 is 0. The quantitative estimate of drug-likeness (QED) is 0.775. The summed E-state index contributed by atoms with van der Waals surface area (Å²) in [7, 11) is 0. The average Bonchev–Trinajstić information content (AvgIpc) is 2.79. The third-order valence-corrected chi connectivity index (χ3v) is 4.59. The van der Waals surface area contributed by atoms with Crippen LogP contribution in [0.25, 0.3) is 11.0 Å². The molecular weight excluding hydrogens is 318 g/mol. The van der Waals surface area contributed by atoms with E-state index in [0.717, 1.165) is 16.8 Å². The Morgan fingerprint density at radius 1 is 1.24 bits per heavy atom. The predicted octanol–water partition coefficient (Wildman–Crippen LogP) is 2.65. The molecule has 3 aromatic rings. The predicted molar refractivity (Wildman–Crippen MR) is 96.0 cm³/mol. The topological polar surface area (TPSA) is 77.1 Å². The van der Waals surface area contributed by atoms with Gasteiger partial charge in [-0.1, -0.05) is 29.8 Å². The molecule has 0 radical (unpaired) electrons. The Kier molecular flexibility index (Phi) is 4.44. The van der Waals surface area contributed by atoms with Crippen LogP contribution in [-0.4, -0.2) is 25.2 Å². The monoisotopic (exact) mass is 339 g/mol. The fourth-order valence-corrected chi connectivity index (χ4v) is 3.12. The highest BCUT2D eigenvalue weighted by molar-refractivity contribution is 5.81. The molecule has 1 N–H and O–H groups in total. The number of rotatable bonds is 5. The minimum absolute atomic E-state index is 0.102. The number of hydrogen-bond donors (Lipinski definition) is 1. The van der Waals surface area contributed by atoms with Crippen molar-refractivity contribution in [1.82, 2.24) is 14.1 Å². The van der Waals surface area contributed by atoms with Gasteiger partial charge in [0.15, 0.2) is 0 Å². The molecule has 0 unspecified atom stereocenters. The molecule has 0 spiro atoms. The van der Waals surface area contributed by atoms with Gasteiger partial charge in [0.1, 0.15) is 5.65 Å². The van der Waals surface area contributed by atoms with Gasteiger partial charge in [0, 0.05) is 18.8 Å². The van der Waals surface area contributed by atoms with Gasteiger partial charge in [-0.3, -0.25) is 14.2 Å². The second kappa shape index (κ2) is 6.55. The zero-order chi connectivity index (χ0) is 18.1. The molecule has 2 heterocycles. The van der Waals surface area contributed by atoms with Crippen LogP contribution < -0.4 is 5.56 Å². The summed E-state index contributed by atoms with van der Waals surface area (Å²) in [4.78, 5) is 28.0. The number of aromatic nitrogens is 3. The first-order valence-corrected chi connectivity index (χ1v) is 8.20. The van der Waals surface area contributed by atoms with Gasteiger partial charge in [-0.2, -0.15) is 0 Å². The Morgan fingerprint density at radius 3 is 2.68 bits per heavy atom. The van der Waals surface area contributed by atoms with E-state index in [-0.39, 0.29) is 18.5 Å². The lowest BCUT2D eigenvalue weighted by Crippen LogP contribution is -2.22. The first-order valence-electron chi connectivity index (χ1n) is 8.20. The van der Waals surface area contributed by atoms with E-state index in [1.165, 1.54) is 16.5 Å². The van der Waals surface area contributed by atoms with E-state index in [4.69, 9.17) is 5.11 Å². The Morgan fingerprint density at radius 2 is 2.00 bits per heavy atom. The van der Waals surface area contributed by atoms with E-state index in [1.807, 2.05) is 24.5 Å². The number of carbonyl (C=O) groups is 1. The lowest BCUT2D eigenvalue weighted by molar-refractivity contribution is -0.137. The third kappa shape index (κ3) is 3.20. The molecular formula is C19H21N3O3. The minimum Gasteiger partial charge on any atom is -0.481 e. The highest BCUT2D eigenvalue weighted by atomic mass is 16.4. The van der Waals surface area contributed by atoms with Crippen LogP contribution in [0.15, 0.2) is 35.4 Å². The van der Waals surface area contributed by atoms with E-state index >= 15 is 0 Å². The van der Waals surface area contributed by atoms with Crippen LogP contribution in [0.4, 0.5) is 0 Å². The standard InChI is InChI=1S/C19H21N3O3/c1-12-5-4-6-15(9-12)10-22-14(3)13(2)17-18(22)20-11-21(19(17)25)8-7-16(23)24/h4-6,9,11H,7-8,10H2,1-3H3,(H,23,24). The van der Waals surface area contributed by atoms with E-state index in [2.05, 4.69) is 30.1 Å². The number of carboxylic acid groups (broad SMARTS) is 1. The fraction of sp³-hybridized carbons (Fsp3) is 0.316. The molecule has 0 atom stereocenters. The van der Waals surface area contributed by atoms with Crippen molar-refractivity contribution in [1.29, 1.82) is 0 Å². The Labute approximate surface area is 145 Å². The van der Waals surface area contributed by atoms with Gasteiger partial charge in [0.2, 0.25) is 0 Å². The van der Waals surface area contributed by atoms with Crippen molar-refractivity contribution >= 4 is 17.0 Å². The van der Waals surface area contributed by atoms with Gasteiger partial charge in [-0.15, -0.1) is 0 Å². The zero-order valence-corrected chi connectivity index (χ0v) is 14.6. The van der Waals surface area contributed by atoms with Crippen molar-refractivity contribution in [2.75, 3.05) is 0 Å². The maximum absolute atomic E-state index is 12.8. The molecule has 3 rings (SSSR count). The van der Waals surface area contributed by atoms with Crippen LogP contribution in [0, 0.1) is 20.8 Å². The maximum Gasteiger partial charge on any atom is 0.305 e. The molecule has 0 bridgehead atoms. The molecule has 25 heavy (non-hydrogen) atoms. The number of hydrogen-bond acceptors (Lipinski definition) is 3. The third-order valence-electron chi connectivity index (χ3n) is 4.59. The largest absolute Gasteiger partial charge is 0.481 e. The molecule has 0 amide bonds. The maximum atomic E-state index is 12.8. The van der Waals surface area contributed by atoms with E-state index < -0.39 is 5.97 Å². The minimum atomic E-state index is -0.933. The van der Waals surface area contributed by atoms with Gasteiger partial charge < -0.3 is 9.67 Å². The Hall–Kier alpha value is -2.89.